The molecule has 1 heterocycles. The largest absolute Gasteiger partial charge is 0.414 e. The first-order valence-electron chi connectivity index (χ1n) is 4.29. The number of hydrogen-bond acceptors (Lipinski definition) is 0. The molecule has 0 fully saturated rings. The molecule has 0 unspecified atom stereocenters. The molecule has 0 spiro atoms. The van der Waals surface area contributed by atoms with Gasteiger partial charge >= 0.3 is 5.82 Å². The molecule has 0 bridgehead atoms. The fraction of sp³-hybridized carbons (Fsp3) is 0.600. The van der Waals surface area contributed by atoms with Crippen LogP contribution in [0.3, 0.4) is 0 Å². The van der Waals surface area contributed by atoms with Gasteiger partial charge in [-0.2, -0.15) is 0 Å². The monoisotopic (exact) mass is 166 g/mol. The first kappa shape index (κ1) is 9.17. The lowest BCUT2D eigenvalue weighted by Crippen LogP contribution is -2.52. The number of rotatable bonds is 0. The van der Waals surface area contributed by atoms with E-state index in [1.807, 2.05) is 0 Å². The third-order valence-electron chi connectivity index (χ3n) is 3.06. The SMILES string of the molecule is Cc1c(C)[n+](C)c(C)[n+](C)c1C. The van der Waals surface area contributed by atoms with Crippen LogP contribution in [0, 0.1) is 27.7 Å². The maximum Gasteiger partial charge on any atom is 0.414 e. The van der Waals surface area contributed by atoms with E-state index >= 15 is 0 Å². The summed E-state index contributed by atoms with van der Waals surface area (Å²) >= 11 is 0. The quantitative estimate of drug-likeness (QED) is 0.498. The average molecular weight is 166 g/mol. The molecule has 0 atom stereocenters. The van der Waals surface area contributed by atoms with Gasteiger partial charge < -0.3 is 0 Å². The maximum absolute atomic E-state index is 2.22. The fourth-order valence-electron chi connectivity index (χ4n) is 1.48. The zero-order chi connectivity index (χ0) is 9.46. The Hall–Kier alpha value is -0.920. The Morgan fingerprint density at radius 3 is 1.42 bits per heavy atom. The minimum absolute atomic E-state index is 1.29. The molecule has 0 amide bonds. The van der Waals surface area contributed by atoms with Crippen molar-refractivity contribution in [2.75, 3.05) is 0 Å². The molecule has 1 aromatic rings. The molecule has 66 valence electrons. The Balaban J connectivity index is 3.60. The van der Waals surface area contributed by atoms with E-state index in [1.54, 1.807) is 0 Å². The molecule has 0 N–H and O–H groups in total. The molecule has 1 aromatic heterocycles. The first-order chi connectivity index (χ1) is 5.46. The summed E-state index contributed by atoms with van der Waals surface area (Å²) in [5.74, 6) is 1.29. The number of nitrogens with zero attached hydrogens (tertiary/aromatic N) is 2. The summed E-state index contributed by atoms with van der Waals surface area (Å²) in [4.78, 5) is 0. The minimum atomic E-state index is 1.29. The Morgan fingerprint density at radius 1 is 0.750 bits per heavy atom. The van der Waals surface area contributed by atoms with Crippen molar-refractivity contribution >= 4 is 0 Å². The fourth-order valence-corrected chi connectivity index (χ4v) is 1.48. The van der Waals surface area contributed by atoms with Crippen LogP contribution in [0.2, 0.25) is 0 Å². The van der Waals surface area contributed by atoms with Crippen LogP contribution in [0.5, 0.6) is 0 Å². The predicted molar refractivity (Wildman–Crippen MR) is 47.7 cm³/mol. The molecule has 0 saturated heterocycles. The van der Waals surface area contributed by atoms with Crippen molar-refractivity contribution in [1.29, 1.82) is 0 Å². The van der Waals surface area contributed by atoms with Crippen LogP contribution >= 0.6 is 0 Å². The highest BCUT2D eigenvalue weighted by Gasteiger charge is 2.22. The highest BCUT2D eigenvalue weighted by molar-refractivity contribution is 5.14. The van der Waals surface area contributed by atoms with Gasteiger partial charge in [-0.05, 0) is 6.92 Å². The van der Waals surface area contributed by atoms with Gasteiger partial charge in [-0.25, -0.2) is 0 Å². The van der Waals surface area contributed by atoms with Crippen molar-refractivity contribution in [2.24, 2.45) is 14.1 Å². The van der Waals surface area contributed by atoms with Crippen LogP contribution in [0.25, 0.3) is 0 Å². The summed E-state index contributed by atoms with van der Waals surface area (Å²) in [5.41, 5.74) is 4.08. The van der Waals surface area contributed by atoms with E-state index in [-0.39, 0.29) is 0 Å². The van der Waals surface area contributed by atoms with Crippen molar-refractivity contribution in [1.82, 2.24) is 0 Å². The summed E-state index contributed by atoms with van der Waals surface area (Å²) in [5, 5.41) is 0. The minimum Gasteiger partial charge on any atom is -0.147 e. The Morgan fingerprint density at radius 2 is 1.08 bits per heavy atom. The van der Waals surface area contributed by atoms with Crippen molar-refractivity contribution in [2.45, 2.75) is 27.7 Å². The van der Waals surface area contributed by atoms with E-state index in [9.17, 15) is 0 Å². The predicted octanol–water partition coefficient (Wildman–Crippen LogP) is 0.569. The lowest BCUT2D eigenvalue weighted by Gasteiger charge is -2.02. The molecule has 0 radical (unpaired) electrons. The van der Waals surface area contributed by atoms with Gasteiger partial charge in [0.25, 0.3) is 0 Å². The molecule has 0 aliphatic rings. The van der Waals surface area contributed by atoms with Crippen LogP contribution in [0.1, 0.15) is 22.8 Å². The normalized spacial score (nSPS) is 10.5. The van der Waals surface area contributed by atoms with Gasteiger partial charge in [0.05, 0.1) is 12.5 Å². The highest BCUT2D eigenvalue weighted by atomic mass is 15.1. The Kier molecular flexibility index (Phi) is 2.18. The molecular formula is C10H18N2+2. The zero-order valence-electron chi connectivity index (χ0n) is 8.89. The van der Waals surface area contributed by atoms with E-state index in [1.165, 1.54) is 22.8 Å². The van der Waals surface area contributed by atoms with Crippen molar-refractivity contribution in [3.05, 3.63) is 22.8 Å². The average Bonchev–Trinajstić information content (AvgIpc) is 2.08. The molecule has 0 aromatic carbocycles. The summed E-state index contributed by atoms with van der Waals surface area (Å²) in [6.07, 6.45) is 0. The van der Waals surface area contributed by atoms with E-state index in [2.05, 4.69) is 50.9 Å². The third-order valence-corrected chi connectivity index (χ3v) is 3.06. The summed E-state index contributed by atoms with van der Waals surface area (Å²) < 4.78 is 4.45. The van der Waals surface area contributed by atoms with Gasteiger partial charge in [-0.15, -0.1) is 9.13 Å². The van der Waals surface area contributed by atoms with E-state index in [0.29, 0.717) is 0 Å². The summed E-state index contributed by atoms with van der Waals surface area (Å²) in [6.45, 7) is 8.63. The van der Waals surface area contributed by atoms with E-state index < -0.39 is 0 Å². The topological polar surface area (TPSA) is 7.76 Å². The molecule has 12 heavy (non-hydrogen) atoms. The Labute approximate surface area is 74.5 Å². The smallest absolute Gasteiger partial charge is 0.147 e. The van der Waals surface area contributed by atoms with Crippen LogP contribution < -0.4 is 9.13 Å². The molecule has 2 nitrogen and oxygen atoms in total. The maximum atomic E-state index is 2.22. The number of hydrogen-bond donors (Lipinski definition) is 0. The van der Waals surface area contributed by atoms with Gasteiger partial charge in [0, 0.05) is 13.8 Å². The first-order valence-corrected chi connectivity index (χ1v) is 4.29. The molecular weight excluding hydrogens is 148 g/mol. The van der Waals surface area contributed by atoms with Gasteiger partial charge in [0.2, 0.25) is 0 Å². The lowest BCUT2D eigenvalue weighted by atomic mass is 10.2. The second-order valence-corrected chi connectivity index (χ2v) is 3.46. The van der Waals surface area contributed by atoms with Crippen LogP contribution in [0.4, 0.5) is 0 Å². The Bertz CT molecular complexity index is 222. The molecule has 0 saturated carbocycles. The van der Waals surface area contributed by atoms with Crippen LogP contribution in [0.15, 0.2) is 0 Å². The highest BCUT2D eigenvalue weighted by Crippen LogP contribution is 2.03. The third kappa shape index (κ3) is 1.11. The van der Waals surface area contributed by atoms with Crippen molar-refractivity contribution in [3.63, 3.8) is 0 Å². The van der Waals surface area contributed by atoms with Crippen LogP contribution in [-0.2, 0) is 14.1 Å². The molecule has 0 aliphatic carbocycles. The summed E-state index contributed by atoms with van der Waals surface area (Å²) in [6, 6.07) is 0. The summed E-state index contributed by atoms with van der Waals surface area (Å²) in [7, 11) is 4.22. The lowest BCUT2D eigenvalue weighted by molar-refractivity contribution is -0.820. The van der Waals surface area contributed by atoms with Gasteiger partial charge in [-0.3, -0.25) is 0 Å². The zero-order valence-corrected chi connectivity index (χ0v) is 8.89. The molecule has 0 aliphatic heterocycles. The van der Waals surface area contributed by atoms with Crippen LogP contribution in [-0.4, -0.2) is 0 Å². The molecule has 1 rings (SSSR count). The van der Waals surface area contributed by atoms with Crippen molar-refractivity contribution < 1.29 is 9.13 Å². The van der Waals surface area contributed by atoms with E-state index in [4.69, 9.17) is 0 Å². The second kappa shape index (κ2) is 2.85. The van der Waals surface area contributed by atoms with E-state index in [0.717, 1.165) is 0 Å². The molecule has 2 heteroatoms. The van der Waals surface area contributed by atoms with Gasteiger partial charge in [-0.1, -0.05) is 0 Å². The second-order valence-electron chi connectivity index (χ2n) is 3.46. The standard InChI is InChI=1S/C10H18N2/c1-7-8(2)11(5)10(4)12(6)9(7)3/h1-6H3/q+2. The van der Waals surface area contributed by atoms with Gasteiger partial charge in [0.1, 0.15) is 14.1 Å². The van der Waals surface area contributed by atoms with Gasteiger partial charge in [0.15, 0.2) is 11.4 Å². The van der Waals surface area contributed by atoms with Crippen molar-refractivity contribution in [3.8, 4) is 0 Å². The number of aromatic nitrogens is 2.